The molecule has 0 radical (unpaired) electrons. The Hall–Kier alpha value is -1.17. The van der Waals surface area contributed by atoms with Crippen LogP contribution in [-0.4, -0.2) is 48.8 Å². The molecule has 3 rings (SSSR count). The molecule has 0 unspecified atom stereocenters. The molecule has 0 spiro atoms. The van der Waals surface area contributed by atoms with Crippen LogP contribution in [0.1, 0.15) is 23.2 Å². The summed E-state index contributed by atoms with van der Waals surface area (Å²) >= 11 is 1.55. The van der Waals surface area contributed by atoms with E-state index in [9.17, 15) is 4.79 Å². The second-order valence-electron chi connectivity index (χ2n) is 5.15. The first kappa shape index (κ1) is 13.8. The molecule has 1 aliphatic heterocycles. The Bertz CT molecular complexity index is 473. The highest BCUT2D eigenvalue weighted by molar-refractivity contribution is 7.08. The van der Waals surface area contributed by atoms with Crippen LogP contribution in [0.4, 0.5) is 0 Å². The highest BCUT2D eigenvalue weighted by atomic mass is 32.1. The number of amides is 1. The lowest BCUT2D eigenvalue weighted by Gasteiger charge is -2.39. The maximum Gasteiger partial charge on any atom is 0.255 e. The van der Waals surface area contributed by atoms with Gasteiger partial charge in [0.05, 0.1) is 30.9 Å². The number of ether oxygens (including phenoxy) is 2. The highest BCUT2D eigenvalue weighted by Gasteiger charge is 2.45. The van der Waals surface area contributed by atoms with E-state index in [1.807, 2.05) is 21.7 Å². The van der Waals surface area contributed by atoms with E-state index in [0.717, 1.165) is 18.4 Å². The predicted octanol–water partition coefficient (Wildman–Crippen LogP) is 2.32. The van der Waals surface area contributed by atoms with Crippen LogP contribution >= 0.6 is 11.3 Å². The first-order chi connectivity index (χ1) is 9.81. The lowest BCUT2D eigenvalue weighted by atomic mass is 10.1. The molecule has 0 bridgehead atoms. The molecule has 2 aliphatic rings. The summed E-state index contributed by atoms with van der Waals surface area (Å²) in [6.45, 7) is 5.47. The first-order valence-corrected chi connectivity index (χ1v) is 7.93. The number of thiophene rings is 1. The van der Waals surface area contributed by atoms with Gasteiger partial charge in [-0.25, -0.2) is 0 Å². The van der Waals surface area contributed by atoms with Gasteiger partial charge in [0.15, 0.2) is 0 Å². The van der Waals surface area contributed by atoms with E-state index in [1.165, 1.54) is 0 Å². The van der Waals surface area contributed by atoms with Crippen molar-refractivity contribution in [3.05, 3.63) is 35.0 Å². The number of nitrogens with zero attached hydrogens (tertiary/aromatic N) is 1. The van der Waals surface area contributed by atoms with Crippen LogP contribution in [-0.2, 0) is 9.47 Å². The normalized spacial score (nSPS) is 29.2. The fourth-order valence-corrected chi connectivity index (χ4v) is 3.72. The van der Waals surface area contributed by atoms with Gasteiger partial charge < -0.3 is 14.4 Å². The van der Waals surface area contributed by atoms with E-state index >= 15 is 0 Å². The van der Waals surface area contributed by atoms with Gasteiger partial charge in [-0.3, -0.25) is 4.79 Å². The van der Waals surface area contributed by atoms with E-state index < -0.39 is 0 Å². The summed E-state index contributed by atoms with van der Waals surface area (Å²) in [5.41, 5.74) is 0.783. The van der Waals surface area contributed by atoms with Crippen LogP contribution in [0, 0.1) is 0 Å². The van der Waals surface area contributed by atoms with Crippen molar-refractivity contribution in [2.45, 2.75) is 31.1 Å². The van der Waals surface area contributed by atoms with Crippen molar-refractivity contribution in [2.75, 3.05) is 19.8 Å². The molecule has 1 aromatic heterocycles. The van der Waals surface area contributed by atoms with Crippen LogP contribution in [0.25, 0.3) is 0 Å². The molecular formula is C15H19NO3S. The van der Waals surface area contributed by atoms with Gasteiger partial charge in [-0.15, -0.1) is 6.58 Å². The van der Waals surface area contributed by atoms with E-state index in [1.54, 1.807) is 17.4 Å². The Morgan fingerprint density at radius 3 is 3.25 bits per heavy atom. The zero-order valence-corrected chi connectivity index (χ0v) is 12.2. The molecule has 108 valence electrons. The summed E-state index contributed by atoms with van der Waals surface area (Å²) < 4.78 is 11.6. The third kappa shape index (κ3) is 2.53. The molecule has 1 aromatic rings. The topological polar surface area (TPSA) is 38.8 Å². The quantitative estimate of drug-likeness (QED) is 0.800. The van der Waals surface area contributed by atoms with Crippen LogP contribution < -0.4 is 0 Å². The molecular weight excluding hydrogens is 274 g/mol. The molecule has 1 saturated heterocycles. The van der Waals surface area contributed by atoms with Crippen molar-refractivity contribution >= 4 is 17.2 Å². The lowest BCUT2D eigenvalue weighted by Crippen LogP contribution is -2.53. The third-order valence-electron chi connectivity index (χ3n) is 3.99. The van der Waals surface area contributed by atoms with Crippen LogP contribution in [0.2, 0.25) is 0 Å². The number of hydrogen-bond donors (Lipinski definition) is 0. The first-order valence-electron chi connectivity index (χ1n) is 6.98. The number of fused-ring (bicyclic) bond motifs is 1. The standard InChI is InChI=1S/C15H19NO3S/c1-2-7-18-13-4-3-12-14(13)19-8-6-16(12)15(17)11-5-9-20-10-11/h2,5,9-10,12-14H,1,3-4,6-8H2/t12-,13-,14-/m0/s1. The van der Waals surface area contributed by atoms with Gasteiger partial charge in [0.25, 0.3) is 5.91 Å². The summed E-state index contributed by atoms with van der Waals surface area (Å²) in [4.78, 5) is 14.5. The number of carbonyl (C=O) groups excluding carboxylic acids is 1. The Balaban J connectivity index is 1.71. The van der Waals surface area contributed by atoms with E-state index in [2.05, 4.69) is 6.58 Å². The minimum absolute atomic E-state index is 0.00582. The minimum Gasteiger partial charge on any atom is -0.372 e. The van der Waals surface area contributed by atoms with Crippen LogP contribution in [0.5, 0.6) is 0 Å². The smallest absolute Gasteiger partial charge is 0.255 e. The molecule has 2 fully saturated rings. The minimum atomic E-state index is 0.00582. The van der Waals surface area contributed by atoms with Gasteiger partial charge in [0.2, 0.25) is 0 Å². The van der Waals surface area contributed by atoms with Gasteiger partial charge in [0, 0.05) is 11.9 Å². The average molecular weight is 293 g/mol. The number of morpholine rings is 1. The van der Waals surface area contributed by atoms with E-state index in [-0.39, 0.29) is 24.2 Å². The zero-order valence-electron chi connectivity index (χ0n) is 11.4. The highest BCUT2D eigenvalue weighted by Crippen LogP contribution is 2.33. The zero-order chi connectivity index (χ0) is 13.9. The largest absolute Gasteiger partial charge is 0.372 e. The molecule has 0 N–H and O–H groups in total. The van der Waals surface area contributed by atoms with Gasteiger partial charge in [-0.2, -0.15) is 11.3 Å². The van der Waals surface area contributed by atoms with Gasteiger partial charge in [-0.1, -0.05) is 6.08 Å². The molecule has 5 heteroatoms. The maximum atomic E-state index is 12.5. The summed E-state index contributed by atoms with van der Waals surface area (Å²) in [5.74, 6) is 0.119. The van der Waals surface area contributed by atoms with Crippen LogP contribution in [0.3, 0.4) is 0 Å². The van der Waals surface area contributed by atoms with E-state index in [4.69, 9.17) is 9.47 Å². The van der Waals surface area contributed by atoms with Crippen molar-refractivity contribution in [3.63, 3.8) is 0 Å². The summed E-state index contributed by atoms with van der Waals surface area (Å²) in [7, 11) is 0. The molecule has 4 nitrogen and oxygen atoms in total. The Labute approximate surface area is 123 Å². The van der Waals surface area contributed by atoms with Crippen molar-refractivity contribution in [1.82, 2.24) is 4.90 Å². The maximum absolute atomic E-state index is 12.5. The van der Waals surface area contributed by atoms with E-state index in [0.29, 0.717) is 19.8 Å². The number of carbonyl (C=O) groups is 1. The second kappa shape index (κ2) is 6.08. The summed E-state index contributed by atoms with van der Waals surface area (Å²) in [5, 5.41) is 3.85. The fourth-order valence-electron chi connectivity index (χ4n) is 3.09. The molecule has 20 heavy (non-hydrogen) atoms. The second-order valence-corrected chi connectivity index (χ2v) is 5.93. The summed E-state index contributed by atoms with van der Waals surface area (Å²) in [6.07, 6.45) is 3.73. The van der Waals surface area contributed by atoms with Gasteiger partial charge in [0.1, 0.15) is 6.10 Å². The van der Waals surface area contributed by atoms with Crippen molar-refractivity contribution in [1.29, 1.82) is 0 Å². The SMILES string of the molecule is C=CCO[C@H]1CC[C@H]2[C@@H]1OCCN2C(=O)c1ccsc1. The lowest BCUT2D eigenvalue weighted by molar-refractivity contribution is -0.100. The Morgan fingerprint density at radius 2 is 2.50 bits per heavy atom. The van der Waals surface area contributed by atoms with Crippen molar-refractivity contribution in [2.24, 2.45) is 0 Å². The third-order valence-corrected chi connectivity index (χ3v) is 4.68. The molecule has 2 heterocycles. The van der Waals surface area contributed by atoms with Gasteiger partial charge >= 0.3 is 0 Å². The summed E-state index contributed by atoms with van der Waals surface area (Å²) in [6, 6.07) is 2.03. The van der Waals surface area contributed by atoms with Crippen molar-refractivity contribution < 1.29 is 14.3 Å². The average Bonchev–Trinajstić information content (AvgIpc) is 3.13. The monoisotopic (exact) mass is 293 g/mol. The Morgan fingerprint density at radius 1 is 1.60 bits per heavy atom. The predicted molar refractivity (Wildman–Crippen MR) is 78.1 cm³/mol. The fraction of sp³-hybridized carbons (Fsp3) is 0.533. The number of rotatable bonds is 4. The van der Waals surface area contributed by atoms with Crippen LogP contribution in [0.15, 0.2) is 29.5 Å². The van der Waals surface area contributed by atoms with Crippen molar-refractivity contribution in [3.8, 4) is 0 Å². The molecule has 1 amide bonds. The Kier molecular flexibility index (Phi) is 4.19. The van der Waals surface area contributed by atoms with Gasteiger partial charge in [-0.05, 0) is 24.3 Å². The molecule has 0 aromatic carbocycles. The number of hydrogen-bond acceptors (Lipinski definition) is 4. The molecule has 3 atom stereocenters. The molecule has 1 saturated carbocycles. The molecule has 1 aliphatic carbocycles.